The lowest BCUT2D eigenvalue weighted by Crippen LogP contribution is -2.30. The van der Waals surface area contributed by atoms with Gasteiger partial charge in [0.15, 0.2) is 5.52 Å². The zero-order chi connectivity index (χ0) is 21.6. The molecule has 154 valence electrons. The van der Waals surface area contributed by atoms with Crippen molar-refractivity contribution >= 4 is 22.6 Å². The first kappa shape index (κ1) is 20.0. The largest absolute Gasteiger partial charge is 0.508 e. The number of aryl methyl sites for hydroxylation is 1. The van der Waals surface area contributed by atoms with Crippen LogP contribution in [0.3, 0.4) is 0 Å². The summed E-state index contributed by atoms with van der Waals surface area (Å²) in [6, 6.07) is 12.8. The minimum Gasteiger partial charge on any atom is -0.508 e. The Morgan fingerprint density at radius 1 is 1.07 bits per heavy atom. The molecule has 0 amide bonds. The Balaban J connectivity index is 2.08. The van der Waals surface area contributed by atoms with Crippen LogP contribution in [0.1, 0.15) is 5.82 Å². The lowest BCUT2D eigenvalue weighted by atomic mass is 10.1. The molecule has 0 aliphatic heterocycles. The number of fused-ring (bicyclic) bond motifs is 1. The molecule has 0 fully saturated rings. The first-order chi connectivity index (χ1) is 14.2. The minimum absolute atomic E-state index is 0.0311. The van der Waals surface area contributed by atoms with Gasteiger partial charge in [0, 0.05) is 5.56 Å². The van der Waals surface area contributed by atoms with Crippen LogP contribution < -0.4 is 5.56 Å². The number of hydrogen-bond acceptors (Lipinski definition) is 4. The molecule has 0 saturated heterocycles. The Hall–Kier alpha value is -3.33. The predicted molar refractivity (Wildman–Crippen MR) is 106 cm³/mol. The van der Waals surface area contributed by atoms with Gasteiger partial charge in [-0.2, -0.15) is 18.3 Å². The van der Waals surface area contributed by atoms with Gasteiger partial charge in [-0.3, -0.25) is 9.36 Å². The molecule has 6 nitrogen and oxygen atoms in total. The average molecular weight is 435 g/mol. The van der Waals surface area contributed by atoms with E-state index in [4.69, 9.17) is 11.6 Å². The molecule has 2 heterocycles. The van der Waals surface area contributed by atoms with Crippen molar-refractivity contribution in [3.8, 4) is 22.7 Å². The van der Waals surface area contributed by atoms with Gasteiger partial charge in [0.05, 0.1) is 10.7 Å². The van der Waals surface area contributed by atoms with E-state index in [0.29, 0.717) is 26.5 Å². The van der Waals surface area contributed by atoms with Crippen molar-refractivity contribution in [1.82, 2.24) is 19.3 Å². The molecule has 0 bridgehead atoms. The first-order valence-electron chi connectivity index (χ1n) is 8.77. The van der Waals surface area contributed by atoms with Gasteiger partial charge in [0.1, 0.15) is 29.3 Å². The van der Waals surface area contributed by atoms with Crippen molar-refractivity contribution in [1.29, 1.82) is 0 Å². The van der Waals surface area contributed by atoms with Gasteiger partial charge < -0.3 is 5.11 Å². The maximum atomic E-state index is 13.0. The standard InChI is InChI=1S/C20H14ClF3N4O2/c1-11-25-16-17(19(30)27(11)10-20(22,23)24)26-28(15-5-3-2-4-14(15)21)18(16)12-6-8-13(29)9-7-12/h2-9,29H,10H2,1H3. The van der Waals surface area contributed by atoms with Crippen molar-refractivity contribution in [3.05, 3.63) is 69.7 Å². The summed E-state index contributed by atoms with van der Waals surface area (Å²) in [4.78, 5) is 17.1. The number of nitrogens with zero attached hydrogens (tertiary/aromatic N) is 4. The summed E-state index contributed by atoms with van der Waals surface area (Å²) in [5.41, 5.74) is 0.377. The van der Waals surface area contributed by atoms with Crippen LogP contribution in [0.4, 0.5) is 13.2 Å². The Morgan fingerprint density at radius 2 is 1.73 bits per heavy atom. The molecule has 0 atom stereocenters. The highest BCUT2D eigenvalue weighted by atomic mass is 35.5. The fourth-order valence-corrected chi connectivity index (χ4v) is 3.41. The molecule has 4 aromatic rings. The lowest BCUT2D eigenvalue weighted by Gasteiger charge is -2.12. The van der Waals surface area contributed by atoms with E-state index in [2.05, 4.69) is 10.1 Å². The lowest BCUT2D eigenvalue weighted by molar-refractivity contribution is -0.141. The normalized spacial score (nSPS) is 11.9. The number of benzene rings is 2. The van der Waals surface area contributed by atoms with Crippen molar-refractivity contribution in [2.75, 3.05) is 0 Å². The molecule has 0 aliphatic rings. The molecule has 0 radical (unpaired) electrons. The maximum Gasteiger partial charge on any atom is 0.406 e. The van der Waals surface area contributed by atoms with E-state index >= 15 is 0 Å². The van der Waals surface area contributed by atoms with Crippen LogP contribution in [0.2, 0.25) is 5.02 Å². The summed E-state index contributed by atoms with van der Waals surface area (Å²) in [5.74, 6) is -0.0629. The Labute approximate surface area is 172 Å². The smallest absolute Gasteiger partial charge is 0.406 e. The van der Waals surface area contributed by atoms with Crippen LogP contribution in [0, 0.1) is 6.92 Å². The first-order valence-corrected chi connectivity index (χ1v) is 9.15. The third-order valence-electron chi connectivity index (χ3n) is 4.53. The summed E-state index contributed by atoms with van der Waals surface area (Å²) in [6.45, 7) is -0.131. The van der Waals surface area contributed by atoms with Crippen molar-refractivity contribution in [2.45, 2.75) is 19.6 Å². The van der Waals surface area contributed by atoms with Gasteiger partial charge in [0.25, 0.3) is 5.56 Å². The molecule has 0 aliphatic carbocycles. The topological polar surface area (TPSA) is 72.9 Å². The van der Waals surface area contributed by atoms with Crippen LogP contribution >= 0.6 is 11.6 Å². The number of phenols is 1. The molecular formula is C20H14ClF3N4O2. The number of rotatable bonds is 3. The van der Waals surface area contributed by atoms with Gasteiger partial charge in [-0.05, 0) is 43.3 Å². The Kier molecular flexibility index (Phi) is 4.77. The third-order valence-corrected chi connectivity index (χ3v) is 4.85. The van der Waals surface area contributed by atoms with Gasteiger partial charge in [-0.1, -0.05) is 23.7 Å². The van der Waals surface area contributed by atoms with Crippen molar-refractivity contribution < 1.29 is 18.3 Å². The number of hydrogen-bond donors (Lipinski definition) is 1. The molecule has 0 saturated carbocycles. The molecule has 0 unspecified atom stereocenters. The highest BCUT2D eigenvalue weighted by Crippen LogP contribution is 2.32. The second-order valence-corrected chi connectivity index (χ2v) is 7.03. The van der Waals surface area contributed by atoms with Crippen LogP contribution in [-0.2, 0) is 6.54 Å². The molecule has 10 heteroatoms. The summed E-state index contributed by atoms with van der Waals surface area (Å²) in [6.07, 6.45) is -4.59. The molecule has 4 rings (SSSR count). The van der Waals surface area contributed by atoms with E-state index < -0.39 is 18.3 Å². The Morgan fingerprint density at radius 3 is 2.37 bits per heavy atom. The fourth-order valence-electron chi connectivity index (χ4n) is 3.20. The van der Waals surface area contributed by atoms with Crippen molar-refractivity contribution in [3.63, 3.8) is 0 Å². The van der Waals surface area contributed by atoms with Crippen molar-refractivity contribution in [2.24, 2.45) is 0 Å². The molecule has 0 spiro atoms. The summed E-state index contributed by atoms with van der Waals surface area (Å²) in [7, 11) is 0. The number of phenolic OH excluding ortho intramolecular Hbond substituents is 1. The van der Waals surface area contributed by atoms with E-state index in [0.717, 1.165) is 0 Å². The molecule has 1 N–H and O–H groups in total. The highest BCUT2D eigenvalue weighted by Gasteiger charge is 2.31. The highest BCUT2D eigenvalue weighted by molar-refractivity contribution is 6.32. The van der Waals surface area contributed by atoms with Crippen LogP contribution in [-0.4, -0.2) is 30.6 Å². The zero-order valence-electron chi connectivity index (χ0n) is 15.5. The SMILES string of the molecule is Cc1nc2c(-c3ccc(O)cc3)n(-c3ccccc3Cl)nc2c(=O)n1CC(F)(F)F. The van der Waals surface area contributed by atoms with Gasteiger partial charge >= 0.3 is 6.18 Å². The number of halogens is 4. The average Bonchev–Trinajstić information content (AvgIpc) is 3.04. The molecular weight excluding hydrogens is 421 g/mol. The van der Waals surface area contributed by atoms with Crippen LogP contribution in [0.25, 0.3) is 28.0 Å². The van der Waals surface area contributed by atoms with E-state index in [9.17, 15) is 23.1 Å². The quantitative estimate of drug-likeness (QED) is 0.516. The Bertz CT molecular complexity index is 1310. The molecule has 2 aromatic carbocycles. The van der Waals surface area contributed by atoms with Gasteiger partial charge in [-0.25, -0.2) is 9.67 Å². The third kappa shape index (κ3) is 3.52. The predicted octanol–water partition coefficient (Wildman–Crippen LogP) is 4.48. The van der Waals surface area contributed by atoms with E-state index in [-0.39, 0.29) is 22.6 Å². The summed E-state index contributed by atoms with van der Waals surface area (Å²) in [5, 5.41) is 14.2. The second-order valence-electron chi connectivity index (χ2n) is 6.62. The van der Waals surface area contributed by atoms with Gasteiger partial charge in [-0.15, -0.1) is 0 Å². The second kappa shape index (κ2) is 7.17. The number of aromatic hydroxyl groups is 1. The van der Waals surface area contributed by atoms with E-state index in [1.54, 1.807) is 36.4 Å². The van der Waals surface area contributed by atoms with Crippen LogP contribution in [0.15, 0.2) is 53.3 Å². The molecule has 2 aromatic heterocycles. The number of aromatic nitrogens is 4. The van der Waals surface area contributed by atoms with E-state index in [1.165, 1.54) is 23.7 Å². The summed E-state index contributed by atoms with van der Waals surface area (Å²) >= 11 is 6.31. The summed E-state index contributed by atoms with van der Waals surface area (Å²) < 4.78 is 40.8. The van der Waals surface area contributed by atoms with E-state index in [1.807, 2.05) is 0 Å². The fraction of sp³-hybridized carbons (Fsp3) is 0.150. The zero-order valence-corrected chi connectivity index (χ0v) is 16.2. The number of para-hydroxylation sites is 1. The number of alkyl halides is 3. The van der Waals surface area contributed by atoms with Gasteiger partial charge in [0.2, 0.25) is 0 Å². The minimum atomic E-state index is -4.59. The van der Waals surface area contributed by atoms with Crippen LogP contribution in [0.5, 0.6) is 5.75 Å². The monoisotopic (exact) mass is 434 g/mol. The maximum absolute atomic E-state index is 13.0. The molecule has 30 heavy (non-hydrogen) atoms.